The van der Waals surface area contributed by atoms with Gasteiger partial charge in [0.25, 0.3) is 0 Å². The van der Waals surface area contributed by atoms with Crippen molar-refractivity contribution in [2.45, 2.75) is 40.0 Å². The largest absolute Gasteiger partial charge is 0.466 e. The zero-order valence-corrected chi connectivity index (χ0v) is 12.1. The van der Waals surface area contributed by atoms with E-state index in [0.717, 1.165) is 0 Å². The van der Waals surface area contributed by atoms with Crippen molar-refractivity contribution in [2.24, 2.45) is 0 Å². The minimum Gasteiger partial charge on any atom is -0.466 e. The quantitative estimate of drug-likeness (QED) is 0.505. The lowest BCUT2D eigenvalue weighted by atomic mass is 10.2. The summed E-state index contributed by atoms with van der Waals surface area (Å²) >= 11 is 0. The van der Waals surface area contributed by atoms with Crippen molar-refractivity contribution in [3.8, 4) is 0 Å². The molecule has 0 saturated carbocycles. The number of ether oxygens (including phenoxy) is 3. The van der Waals surface area contributed by atoms with Crippen LogP contribution in [-0.4, -0.2) is 50.1 Å². The Morgan fingerprint density at radius 3 is 1.63 bits per heavy atom. The number of rotatable bonds is 9. The van der Waals surface area contributed by atoms with E-state index in [1.165, 1.54) is 0 Å². The molecule has 0 aromatic heterocycles. The van der Waals surface area contributed by atoms with Gasteiger partial charge in [-0.1, -0.05) is 0 Å². The molecular formula is C13H26O6. The Bertz CT molecular complexity index is 195. The average Bonchev–Trinajstić information content (AvgIpc) is 2.38. The van der Waals surface area contributed by atoms with Crippen molar-refractivity contribution in [3.05, 3.63) is 0 Å². The van der Waals surface area contributed by atoms with Gasteiger partial charge in [0.05, 0.1) is 26.4 Å². The van der Waals surface area contributed by atoms with Gasteiger partial charge in [-0.25, -0.2) is 0 Å². The molecule has 19 heavy (non-hydrogen) atoms. The van der Waals surface area contributed by atoms with Gasteiger partial charge in [0.15, 0.2) is 0 Å². The summed E-state index contributed by atoms with van der Waals surface area (Å²) in [7, 11) is 0. The molecule has 0 saturated heterocycles. The van der Waals surface area contributed by atoms with Gasteiger partial charge < -0.3 is 19.3 Å². The third-order valence-corrected chi connectivity index (χ3v) is 1.81. The monoisotopic (exact) mass is 278 g/mol. The highest BCUT2D eigenvalue weighted by atomic mass is 16.5. The van der Waals surface area contributed by atoms with Crippen LogP contribution in [0.1, 0.15) is 40.0 Å². The normalized spacial score (nSPS) is 9.26. The molecule has 6 nitrogen and oxygen atoms in total. The average molecular weight is 278 g/mol. The van der Waals surface area contributed by atoms with Gasteiger partial charge in [-0.3, -0.25) is 9.59 Å². The number of hydrogen-bond acceptors (Lipinski definition) is 6. The van der Waals surface area contributed by atoms with Crippen molar-refractivity contribution in [2.75, 3.05) is 33.0 Å². The first-order valence-corrected chi connectivity index (χ1v) is 6.62. The van der Waals surface area contributed by atoms with Crippen molar-refractivity contribution in [1.82, 2.24) is 0 Å². The summed E-state index contributed by atoms with van der Waals surface area (Å²) in [5.74, 6) is -0.515. The van der Waals surface area contributed by atoms with Gasteiger partial charge in [0, 0.05) is 19.4 Å². The van der Waals surface area contributed by atoms with E-state index in [-0.39, 0.29) is 31.4 Å². The predicted octanol–water partition coefficient (Wildman–Crippen LogP) is 1.30. The van der Waals surface area contributed by atoms with Crippen LogP contribution in [0, 0.1) is 0 Å². The second kappa shape index (κ2) is 16.9. The van der Waals surface area contributed by atoms with Crippen LogP contribution in [0.2, 0.25) is 0 Å². The molecule has 0 atom stereocenters. The van der Waals surface area contributed by atoms with Crippen LogP contribution in [-0.2, 0) is 23.8 Å². The number of esters is 2. The molecule has 0 heterocycles. The van der Waals surface area contributed by atoms with Crippen molar-refractivity contribution in [1.29, 1.82) is 0 Å². The Balaban J connectivity index is 0. The number of carbonyl (C=O) groups excluding carboxylic acids is 2. The van der Waals surface area contributed by atoms with Crippen LogP contribution in [0.4, 0.5) is 0 Å². The first kappa shape index (κ1) is 20.2. The Labute approximate surface area is 115 Å². The summed E-state index contributed by atoms with van der Waals surface area (Å²) in [5, 5.41) is 8.07. The fourth-order valence-electron chi connectivity index (χ4n) is 1.05. The first-order valence-electron chi connectivity index (χ1n) is 6.62. The highest BCUT2D eigenvalue weighted by Crippen LogP contribution is 1.99. The second-order valence-electron chi connectivity index (χ2n) is 3.38. The van der Waals surface area contributed by atoms with E-state index in [1.54, 1.807) is 13.8 Å². The van der Waals surface area contributed by atoms with Crippen LogP contribution >= 0.6 is 0 Å². The maximum atomic E-state index is 10.8. The standard InChI is InChI=1S/C9H16O4.C4H10O2/c1-3-12-8(10)6-5-7-9(11)13-4-2;1-2-6-4-3-5/h3-7H2,1-2H3;5H,2-4H2,1H3. The molecular weight excluding hydrogens is 252 g/mol. The van der Waals surface area contributed by atoms with Crippen LogP contribution in [0.3, 0.4) is 0 Å². The number of aliphatic hydroxyl groups excluding tert-OH is 1. The van der Waals surface area contributed by atoms with E-state index in [2.05, 4.69) is 0 Å². The van der Waals surface area contributed by atoms with Crippen LogP contribution in [0.15, 0.2) is 0 Å². The molecule has 0 rings (SSSR count). The molecule has 1 N–H and O–H groups in total. The van der Waals surface area contributed by atoms with Gasteiger partial charge in [0.1, 0.15) is 0 Å². The smallest absolute Gasteiger partial charge is 0.305 e. The highest BCUT2D eigenvalue weighted by Gasteiger charge is 2.05. The molecule has 0 aromatic carbocycles. The summed E-state index contributed by atoms with van der Waals surface area (Å²) in [5.41, 5.74) is 0. The molecule has 0 unspecified atom stereocenters. The van der Waals surface area contributed by atoms with Gasteiger partial charge >= 0.3 is 11.9 Å². The topological polar surface area (TPSA) is 82.1 Å². The zero-order chi connectivity index (χ0) is 14.9. The first-order chi connectivity index (χ1) is 9.12. The van der Waals surface area contributed by atoms with Crippen molar-refractivity contribution < 1.29 is 28.9 Å². The number of aliphatic hydroxyl groups is 1. The van der Waals surface area contributed by atoms with Crippen molar-refractivity contribution >= 4 is 11.9 Å². The van der Waals surface area contributed by atoms with Crippen molar-refractivity contribution in [3.63, 3.8) is 0 Å². The molecule has 0 aliphatic rings. The van der Waals surface area contributed by atoms with Crippen LogP contribution in [0.25, 0.3) is 0 Å². The third kappa shape index (κ3) is 19.4. The maximum absolute atomic E-state index is 10.8. The van der Waals surface area contributed by atoms with Gasteiger partial charge in [-0.05, 0) is 27.2 Å². The van der Waals surface area contributed by atoms with Gasteiger partial charge in [-0.2, -0.15) is 0 Å². The van der Waals surface area contributed by atoms with Crippen LogP contribution in [0.5, 0.6) is 0 Å². The highest BCUT2D eigenvalue weighted by molar-refractivity contribution is 5.72. The molecule has 0 radical (unpaired) electrons. The molecule has 0 fully saturated rings. The summed E-state index contributed by atoms with van der Waals surface area (Å²) in [6.07, 6.45) is 1.07. The number of carbonyl (C=O) groups is 2. The summed E-state index contributed by atoms with van der Waals surface area (Å²) in [6, 6.07) is 0. The SMILES string of the molecule is CCOC(=O)CCCC(=O)OCC.CCOCCO. The Kier molecular flexibility index (Phi) is 17.9. The summed E-state index contributed by atoms with van der Waals surface area (Å²) in [6.45, 7) is 7.48. The zero-order valence-electron chi connectivity index (χ0n) is 12.1. The summed E-state index contributed by atoms with van der Waals surface area (Å²) in [4.78, 5) is 21.6. The fourth-order valence-corrected chi connectivity index (χ4v) is 1.05. The lowest BCUT2D eigenvalue weighted by molar-refractivity contribution is -0.144. The minimum absolute atomic E-state index is 0.133. The number of hydrogen-bond donors (Lipinski definition) is 1. The van der Waals surface area contributed by atoms with E-state index in [1.807, 2.05) is 6.92 Å². The lowest BCUT2D eigenvalue weighted by Gasteiger charge is -2.01. The third-order valence-electron chi connectivity index (χ3n) is 1.81. The molecule has 0 aliphatic carbocycles. The van der Waals surface area contributed by atoms with E-state index >= 15 is 0 Å². The fraction of sp³-hybridized carbons (Fsp3) is 0.846. The summed E-state index contributed by atoms with van der Waals surface area (Å²) < 4.78 is 14.1. The van der Waals surface area contributed by atoms with Crippen LogP contribution < -0.4 is 0 Å². The molecule has 6 heteroatoms. The minimum atomic E-state index is -0.258. The molecule has 0 bridgehead atoms. The second-order valence-corrected chi connectivity index (χ2v) is 3.38. The molecule has 0 amide bonds. The van der Waals surface area contributed by atoms with E-state index in [0.29, 0.717) is 32.8 Å². The van der Waals surface area contributed by atoms with E-state index in [9.17, 15) is 9.59 Å². The van der Waals surface area contributed by atoms with Gasteiger partial charge in [-0.15, -0.1) is 0 Å². The molecule has 114 valence electrons. The molecule has 0 aliphatic heterocycles. The maximum Gasteiger partial charge on any atom is 0.305 e. The lowest BCUT2D eigenvalue weighted by Crippen LogP contribution is -2.07. The molecule has 0 aromatic rings. The van der Waals surface area contributed by atoms with E-state index in [4.69, 9.17) is 19.3 Å². The van der Waals surface area contributed by atoms with Gasteiger partial charge in [0.2, 0.25) is 0 Å². The predicted molar refractivity (Wildman–Crippen MR) is 70.7 cm³/mol. The molecule has 0 spiro atoms. The Hall–Kier alpha value is -1.14. The Morgan fingerprint density at radius 2 is 1.37 bits per heavy atom. The van der Waals surface area contributed by atoms with E-state index < -0.39 is 0 Å². The Morgan fingerprint density at radius 1 is 0.895 bits per heavy atom.